The number of hydrogen-bond donors (Lipinski definition) is 1. The van der Waals surface area contributed by atoms with Gasteiger partial charge in [0.15, 0.2) is 0 Å². The molecule has 2 rings (SSSR count). The maximum atomic E-state index is 10.9. The molecule has 5 nitrogen and oxygen atoms in total. The van der Waals surface area contributed by atoms with Gasteiger partial charge >= 0.3 is 0 Å². The molecule has 1 atom stereocenters. The smallest absolute Gasteiger partial charge is 0.273 e. The summed E-state index contributed by atoms with van der Waals surface area (Å²) < 4.78 is 0. The van der Waals surface area contributed by atoms with Gasteiger partial charge in [0.25, 0.3) is 5.69 Å². The van der Waals surface area contributed by atoms with Crippen molar-refractivity contribution in [3.8, 4) is 0 Å². The van der Waals surface area contributed by atoms with Crippen LogP contribution in [0.4, 0.5) is 5.69 Å². The minimum Gasteiger partial charge on any atom is -0.315 e. The second-order valence-electron chi connectivity index (χ2n) is 4.45. The van der Waals surface area contributed by atoms with E-state index >= 15 is 0 Å². The predicted molar refractivity (Wildman–Crippen MR) is 73.1 cm³/mol. The monoisotopic (exact) mass is 271 g/mol. The Balaban J connectivity index is 0.00000162. The van der Waals surface area contributed by atoms with Crippen LogP contribution in [0.2, 0.25) is 0 Å². The zero-order valence-electron chi connectivity index (χ0n) is 10.3. The Hall–Kier alpha value is -1.17. The second kappa shape index (κ2) is 6.68. The van der Waals surface area contributed by atoms with Crippen LogP contribution in [0, 0.1) is 10.1 Å². The summed E-state index contributed by atoms with van der Waals surface area (Å²) in [4.78, 5) is 12.8. The Morgan fingerprint density at radius 1 is 1.50 bits per heavy atom. The highest BCUT2D eigenvalue weighted by atomic mass is 35.5. The molecule has 1 heterocycles. The molecule has 1 N–H and O–H groups in total. The Bertz CT molecular complexity index is 408. The largest absolute Gasteiger partial charge is 0.315 e. The number of nitrogens with one attached hydrogen (secondary N) is 1. The lowest BCUT2D eigenvalue weighted by Crippen LogP contribution is -2.33. The fourth-order valence-electron chi connectivity index (χ4n) is 2.24. The lowest BCUT2D eigenvalue weighted by Gasteiger charge is -2.23. The van der Waals surface area contributed by atoms with Crippen LogP contribution in [-0.4, -0.2) is 36.0 Å². The lowest BCUT2D eigenvalue weighted by atomic mass is 10.1. The topological polar surface area (TPSA) is 58.4 Å². The quantitative estimate of drug-likeness (QED) is 0.670. The first-order valence-corrected chi connectivity index (χ1v) is 5.81. The first-order chi connectivity index (χ1) is 8.18. The van der Waals surface area contributed by atoms with E-state index in [1.165, 1.54) is 0 Å². The van der Waals surface area contributed by atoms with Crippen molar-refractivity contribution in [2.45, 2.75) is 19.0 Å². The zero-order chi connectivity index (χ0) is 12.3. The van der Waals surface area contributed by atoms with Gasteiger partial charge in [-0.15, -0.1) is 12.4 Å². The number of likely N-dealkylation sites (N-methyl/N-ethyl adjacent to an activating group) is 1. The third-order valence-electron chi connectivity index (χ3n) is 3.27. The molecule has 1 aromatic rings. The van der Waals surface area contributed by atoms with Gasteiger partial charge in [0.05, 0.1) is 4.92 Å². The molecule has 0 amide bonds. The van der Waals surface area contributed by atoms with Crippen LogP contribution >= 0.6 is 12.4 Å². The average Bonchev–Trinajstić information content (AvgIpc) is 2.83. The predicted octanol–water partition coefficient (Wildman–Crippen LogP) is 1.81. The number of para-hydroxylation sites is 1. The number of nitro benzene ring substituents is 1. The number of benzene rings is 1. The molecule has 6 heteroatoms. The molecule has 0 bridgehead atoms. The summed E-state index contributed by atoms with van der Waals surface area (Å²) in [6.45, 7) is 2.63. The van der Waals surface area contributed by atoms with E-state index in [0.717, 1.165) is 25.1 Å². The van der Waals surface area contributed by atoms with Crippen molar-refractivity contribution in [1.82, 2.24) is 10.2 Å². The van der Waals surface area contributed by atoms with Crippen LogP contribution in [0.5, 0.6) is 0 Å². The minimum absolute atomic E-state index is 0. The summed E-state index contributed by atoms with van der Waals surface area (Å²) in [6.07, 6.45) is 1.11. The molecule has 1 unspecified atom stereocenters. The molecule has 1 aromatic carbocycles. The number of nitro groups is 1. The maximum Gasteiger partial charge on any atom is 0.273 e. The first kappa shape index (κ1) is 14.9. The molecule has 0 aliphatic carbocycles. The number of hydrogen-bond acceptors (Lipinski definition) is 4. The molecule has 0 saturated carbocycles. The molecule has 1 saturated heterocycles. The van der Waals surface area contributed by atoms with Gasteiger partial charge < -0.3 is 5.32 Å². The Kier molecular flexibility index (Phi) is 5.53. The van der Waals surface area contributed by atoms with E-state index in [9.17, 15) is 10.1 Å². The molecule has 1 aliphatic heterocycles. The Morgan fingerprint density at radius 3 is 2.83 bits per heavy atom. The van der Waals surface area contributed by atoms with E-state index in [1.54, 1.807) is 12.1 Å². The van der Waals surface area contributed by atoms with E-state index in [4.69, 9.17) is 0 Å². The molecule has 0 radical (unpaired) electrons. The van der Waals surface area contributed by atoms with Crippen LogP contribution in [0.3, 0.4) is 0 Å². The molecule has 18 heavy (non-hydrogen) atoms. The Labute approximate surface area is 113 Å². The van der Waals surface area contributed by atoms with Crippen molar-refractivity contribution < 1.29 is 4.92 Å². The summed E-state index contributed by atoms with van der Waals surface area (Å²) in [5, 5.41) is 14.2. The highest BCUT2D eigenvalue weighted by molar-refractivity contribution is 5.85. The van der Waals surface area contributed by atoms with E-state index in [2.05, 4.69) is 10.2 Å². The summed E-state index contributed by atoms with van der Waals surface area (Å²) >= 11 is 0. The van der Waals surface area contributed by atoms with Gasteiger partial charge in [0.2, 0.25) is 0 Å². The van der Waals surface area contributed by atoms with Crippen LogP contribution < -0.4 is 5.32 Å². The number of halogens is 1. The second-order valence-corrected chi connectivity index (χ2v) is 4.45. The SMILES string of the molecule is CN(Cc1ccccc1[N+](=O)[O-])C1CCNC1.Cl. The van der Waals surface area contributed by atoms with Crippen molar-refractivity contribution in [2.24, 2.45) is 0 Å². The molecule has 100 valence electrons. The molecular weight excluding hydrogens is 254 g/mol. The molecule has 0 spiro atoms. The standard InChI is InChI=1S/C12H17N3O2.ClH/c1-14(11-6-7-13-8-11)9-10-4-2-3-5-12(10)15(16)17;/h2-5,11,13H,6-9H2,1H3;1H. The molecule has 1 aliphatic rings. The van der Waals surface area contributed by atoms with Crippen molar-refractivity contribution in [3.63, 3.8) is 0 Å². The van der Waals surface area contributed by atoms with Crippen molar-refractivity contribution in [2.75, 3.05) is 20.1 Å². The van der Waals surface area contributed by atoms with E-state index < -0.39 is 0 Å². The molecule has 0 aromatic heterocycles. The number of nitrogens with zero attached hydrogens (tertiary/aromatic N) is 2. The van der Waals surface area contributed by atoms with Crippen LogP contribution in [0.15, 0.2) is 24.3 Å². The first-order valence-electron chi connectivity index (χ1n) is 5.81. The summed E-state index contributed by atoms with van der Waals surface area (Å²) in [5.74, 6) is 0. The van der Waals surface area contributed by atoms with Crippen LogP contribution in [0.1, 0.15) is 12.0 Å². The summed E-state index contributed by atoms with van der Waals surface area (Å²) in [5.41, 5.74) is 0.997. The molecule has 1 fully saturated rings. The highest BCUT2D eigenvalue weighted by Crippen LogP contribution is 2.20. The Morgan fingerprint density at radius 2 is 2.22 bits per heavy atom. The van der Waals surface area contributed by atoms with Gasteiger partial charge in [0.1, 0.15) is 0 Å². The third kappa shape index (κ3) is 3.41. The number of rotatable bonds is 4. The van der Waals surface area contributed by atoms with Gasteiger partial charge in [-0.2, -0.15) is 0 Å². The van der Waals surface area contributed by atoms with E-state index in [1.807, 2.05) is 19.2 Å². The van der Waals surface area contributed by atoms with Crippen molar-refractivity contribution in [1.29, 1.82) is 0 Å². The fraction of sp³-hybridized carbons (Fsp3) is 0.500. The normalized spacial score (nSPS) is 18.7. The van der Waals surface area contributed by atoms with Gasteiger partial charge in [-0.05, 0) is 20.0 Å². The minimum atomic E-state index is -0.309. The average molecular weight is 272 g/mol. The van der Waals surface area contributed by atoms with Crippen LogP contribution in [-0.2, 0) is 6.54 Å². The third-order valence-corrected chi connectivity index (χ3v) is 3.27. The van der Waals surface area contributed by atoms with Gasteiger partial charge in [-0.3, -0.25) is 15.0 Å². The van der Waals surface area contributed by atoms with Gasteiger partial charge in [0, 0.05) is 30.8 Å². The van der Waals surface area contributed by atoms with E-state index in [-0.39, 0.29) is 23.0 Å². The van der Waals surface area contributed by atoms with Crippen molar-refractivity contribution in [3.05, 3.63) is 39.9 Å². The highest BCUT2D eigenvalue weighted by Gasteiger charge is 2.21. The fourth-order valence-corrected chi connectivity index (χ4v) is 2.24. The van der Waals surface area contributed by atoms with E-state index in [0.29, 0.717) is 12.6 Å². The zero-order valence-corrected chi connectivity index (χ0v) is 11.2. The van der Waals surface area contributed by atoms with Crippen LogP contribution in [0.25, 0.3) is 0 Å². The molecular formula is C12H18ClN3O2. The summed E-state index contributed by atoms with van der Waals surface area (Å²) in [6, 6.07) is 7.43. The summed E-state index contributed by atoms with van der Waals surface area (Å²) in [7, 11) is 2.02. The van der Waals surface area contributed by atoms with Crippen molar-refractivity contribution >= 4 is 18.1 Å². The van der Waals surface area contributed by atoms with Gasteiger partial charge in [-0.1, -0.05) is 18.2 Å². The lowest BCUT2D eigenvalue weighted by molar-refractivity contribution is -0.385. The maximum absolute atomic E-state index is 10.9. The van der Waals surface area contributed by atoms with Gasteiger partial charge in [-0.25, -0.2) is 0 Å².